The fourth-order valence-corrected chi connectivity index (χ4v) is 7.24. The third kappa shape index (κ3) is 49.7. The van der Waals surface area contributed by atoms with Gasteiger partial charge in [-0.25, -0.2) is 0 Å². The first-order valence-electron chi connectivity index (χ1n) is 26.4. The monoisotopic (exact) mass is 879 g/mol. The van der Waals surface area contributed by atoms with Crippen LogP contribution in [-0.2, 0) is 28.6 Å². The normalized spacial score (nSPS) is 12.6. The first kappa shape index (κ1) is 59.9. The predicted molar refractivity (Wildman–Crippen MR) is 270 cm³/mol. The summed E-state index contributed by atoms with van der Waals surface area (Å²) in [5.74, 6) is -0.960. The Balaban J connectivity index is 4.47. The van der Waals surface area contributed by atoms with Gasteiger partial charge in [-0.1, -0.05) is 222 Å². The van der Waals surface area contributed by atoms with E-state index in [2.05, 4.69) is 93.7 Å². The van der Waals surface area contributed by atoms with Gasteiger partial charge >= 0.3 is 17.9 Å². The highest BCUT2D eigenvalue weighted by Crippen LogP contribution is 2.15. The summed E-state index contributed by atoms with van der Waals surface area (Å²) in [7, 11) is 0. The van der Waals surface area contributed by atoms with Gasteiger partial charge in [0.15, 0.2) is 6.10 Å². The lowest BCUT2D eigenvalue weighted by Gasteiger charge is -2.18. The van der Waals surface area contributed by atoms with Gasteiger partial charge in [0, 0.05) is 19.3 Å². The summed E-state index contributed by atoms with van der Waals surface area (Å²) in [5.41, 5.74) is 0. The first-order valence-corrected chi connectivity index (χ1v) is 26.4. The van der Waals surface area contributed by atoms with E-state index in [1.54, 1.807) is 0 Å². The molecule has 0 aliphatic rings. The van der Waals surface area contributed by atoms with Crippen molar-refractivity contribution in [3.05, 3.63) is 72.9 Å². The van der Waals surface area contributed by atoms with E-state index < -0.39 is 6.10 Å². The van der Waals surface area contributed by atoms with E-state index in [1.165, 1.54) is 116 Å². The maximum absolute atomic E-state index is 12.8. The predicted octanol–water partition coefficient (Wildman–Crippen LogP) is 17.4. The van der Waals surface area contributed by atoms with Crippen molar-refractivity contribution in [2.75, 3.05) is 13.2 Å². The van der Waals surface area contributed by atoms with Crippen LogP contribution in [0.15, 0.2) is 72.9 Å². The van der Waals surface area contributed by atoms with E-state index in [-0.39, 0.29) is 37.5 Å². The summed E-state index contributed by atoms with van der Waals surface area (Å²) in [5, 5.41) is 0. The van der Waals surface area contributed by atoms with Crippen LogP contribution in [0.1, 0.15) is 252 Å². The van der Waals surface area contributed by atoms with Crippen molar-refractivity contribution in [3.8, 4) is 0 Å². The SMILES string of the molecule is CC/C=C/C/C=C/C/C=C/C/C=C/C/C=C/CCCC(=O)OC[C@@H](COC(=O)CCCCCCCCCCCCCCCC)OC(=O)CCCCCCC/C=C/CCCCCCC. The minimum absolute atomic E-state index is 0.0945. The van der Waals surface area contributed by atoms with Crippen LogP contribution in [0, 0.1) is 0 Å². The van der Waals surface area contributed by atoms with Gasteiger partial charge in [-0.15, -0.1) is 0 Å². The minimum Gasteiger partial charge on any atom is -0.462 e. The van der Waals surface area contributed by atoms with Crippen molar-refractivity contribution in [2.45, 2.75) is 258 Å². The largest absolute Gasteiger partial charge is 0.462 e. The molecule has 0 aromatic heterocycles. The van der Waals surface area contributed by atoms with Crippen molar-refractivity contribution >= 4 is 17.9 Å². The van der Waals surface area contributed by atoms with Crippen molar-refractivity contribution in [1.29, 1.82) is 0 Å². The second-order valence-electron chi connectivity index (χ2n) is 17.4. The Morgan fingerprint density at radius 3 is 1.05 bits per heavy atom. The third-order valence-corrected chi connectivity index (χ3v) is 11.2. The van der Waals surface area contributed by atoms with Crippen LogP contribution in [0.2, 0.25) is 0 Å². The van der Waals surface area contributed by atoms with Crippen LogP contribution in [-0.4, -0.2) is 37.2 Å². The smallest absolute Gasteiger partial charge is 0.306 e. The molecule has 0 aliphatic heterocycles. The Morgan fingerprint density at radius 1 is 0.333 bits per heavy atom. The number of ether oxygens (including phenoxy) is 3. The summed E-state index contributed by atoms with van der Waals surface area (Å²) in [6.45, 7) is 6.47. The highest BCUT2D eigenvalue weighted by molar-refractivity contribution is 5.71. The van der Waals surface area contributed by atoms with Crippen LogP contribution in [0.5, 0.6) is 0 Å². The van der Waals surface area contributed by atoms with E-state index in [0.29, 0.717) is 19.3 Å². The maximum atomic E-state index is 12.8. The molecule has 0 saturated heterocycles. The number of carbonyl (C=O) groups excluding carboxylic acids is 3. The molecular weight excluding hydrogens is 781 g/mol. The Bertz CT molecular complexity index is 1190. The van der Waals surface area contributed by atoms with E-state index in [4.69, 9.17) is 14.2 Å². The highest BCUT2D eigenvalue weighted by atomic mass is 16.6. The first-order chi connectivity index (χ1) is 31.0. The lowest BCUT2D eigenvalue weighted by molar-refractivity contribution is -0.167. The molecule has 0 spiro atoms. The zero-order valence-corrected chi connectivity index (χ0v) is 41.3. The fourth-order valence-electron chi connectivity index (χ4n) is 7.24. The third-order valence-electron chi connectivity index (χ3n) is 11.2. The number of rotatable bonds is 47. The van der Waals surface area contributed by atoms with Crippen molar-refractivity contribution in [3.63, 3.8) is 0 Å². The van der Waals surface area contributed by atoms with Crippen LogP contribution in [0.3, 0.4) is 0 Å². The molecule has 0 N–H and O–H groups in total. The second kappa shape index (κ2) is 51.5. The summed E-state index contributed by atoms with van der Waals surface area (Å²) in [6.07, 6.45) is 64.6. The molecule has 0 aromatic carbocycles. The molecule has 0 rings (SSSR count). The molecule has 0 radical (unpaired) electrons. The summed E-state index contributed by atoms with van der Waals surface area (Å²) in [4.78, 5) is 38.0. The topological polar surface area (TPSA) is 78.9 Å². The fraction of sp³-hybridized carbons (Fsp3) is 0.737. The Kier molecular flexibility index (Phi) is 48.9. The van der Waals surface area contributed by atoms with Crippen LogP contribution < -0.4 is 0 Å². The van der Waals surface area contributed by atoms with E-state index in [9.17, 15) is 14.4 Å². The van der Waals surface area contributed by atoms with Crippen molar-refractivity contribution < 1.29 is 28.6 Å². The van der Waals surface area contributed by atoms with Gasteiger partial charge in [-0.3, -0.25) is 14.4 Å². The van der Waals surface area contributed by atoms with Gasteiger partial charge in [0.1, 0.15) is 13.2 Å². The highest BCUT2D eigenvalue weighted by Gasteiger charge is 2.19. The van der Waals surface area contributed by atoms with Crippen molar-refractivity contribution in [2.24, 2.45) is 0 Å². The summed E-state index contributed by atoms with van der Waals surface area (Å²) in [6, 6.07) is 0. The molecule has 1 atom stereocenters. The summed E-state index contributed by atoms with van der Waals surface area (Å²) < 4.78 is 16.8. The van der Waals surface area contributed by atoms with Crippen LogP contribution in [0.4, 0.5) is 0 Å². The average Bonchev–Trinajstić information content (AvgIpc) is 3.28. The molecule has 0 unspecified atom stereocenters. The Morgan fingerprint density at radius 2 is 0.635 bits per heavy atom. The number of allylic oxidation sites excluding steroid dienone is 12. The quantitative estimate of drug-likeness (QED) is 0.0262. The Hall–Kier alpha value is -3.15. The molecule has 6 heteroatoms. The number of esters is 3. The number of hydrogen-bond donors (Lipinski definition) is 0. The lowest BCUT2D eigenvalue weighted by Crippen LogP contribution is -2.30. The molecule has 0 amide bonds. The molecule has 0 saturated carbocycles. The molecule has 0 heterocycles. The van der Waals surface area contributed by atoms with Gasteiger partial charge in [0.2, 0.25) is 0 Å². The van der Waals surface area contributed by atoms with Gasteiger partial charge in [0.05, 0.1) is 0 Å². The molecule has 0 aromatic rings. The molecule has 0 fully saturated rings. The number of carbonyl (C=O) groups is 3. The molecule has 0 bridgehead atoms. The zero-order valence-electron chi connectivity index (χ0n) is 41.3. The molecule has 63 heavy (non-hydrogen) atoms. The number of hydrogen-bond acceptors (Lipinski definition) is 6. The van der Waals surface area contributed by atoms with E-state index in [1.807, 2.05) is 0 Å². The molecular formula is C57H98O6. The summed E-state index contributed by atoms with van der Waals surface area (Å²) >= 11 is 0. The van der Waals surface area contributed by atoms with Crippen LogP contribution >= 0.6 is 0 Å². The minimum atomic E-state index is -0.800. The van der Waals surface area contributed by atoms with Gasteiger partial charge in [-0.05, 0) is 83.5 Å². The molecule has 6 nitrogen and oxygen atoms in total. The molecule has 0 aliphatic carbocycles. The van der Waals surface area contributed by atoms with Crippen LogP contribution in [0.25, 0.3) is 0 Å². The zero-order chi connectivity index (χ0) is 45.8. The van der Waals surface area contributed by atoms with Gasteiger partial charge < -0.3 is 14.2 Å². The van der Waals surface area contributed by atoms with Gasteiger partial charge in [-0.2, -0.15) is 0 Å². The standard InChI is InChI=1S/C57H98O6/c1-4-7-10-13-16-19-22-25-28-29-30-33-35-38-41-44-47-50-56(59)62-53-54(63-57(60)51-48-45-42-39-36-32-27-24-21-18-15-12-9-6-3)52-61-55(58)49-46-43-40-37-34-31-26-23-20-17-14-11-8-5-2/h7,10,16,19,24-25,27-28,30,33,38,41,54H,4-6,8-9,11-15,17-18,20-23,26,29,31-32,34-37,39-40,42-53H2,1-3H3/b10-7+,19-16+,27-24+,28-25+,33-30+,41-38+/t54-/m1/s1. The Labute approximate surface area is 389 Å². The number of unbranched alkanes of at least 4 members (excludes halogenated alkanes) is 24. The lowest BCUT2D eigenvalue weighted by atomic mass is 10.0. The maximum Gasteiger partial charge on any atom is 0.306 e. The van der Waals surface area contributed by atoms with E-state index >= 15 is 0 Å². The van der Waals surface area contributed by atoms with E-state index in [0.717, 1.165) is 89.9 Å². The average molecular weight is 879 g/mol. The molecule has 362 valence electrons. The van der Waals surface area contributed by atoms with Gasteiger partial charge in [0.25, 0.3) is 0 Å². The second-order valence-corrected chi connectivity index (χ2v) is 17.4. The van der Waals surface area contributed by atoms with Crippen molar-refractivity contribution in [1.82, 2.24) is 0 Å².